The standard InChI is InChI=1S/C20H28BrNO13/c1-8(23)22-14-16(15(33-11(4)26)13(32-10(3)25)7-31-9(2)24)35-20(29,19(28)30-6)18(21)17(14)34-12(5)27/h13-18,29H,7H2,1-6H3,(H,22,23)/t13-,14+,15+,16-,17-,18-,20+/m1/s1. The van der Waals surface area contributed by atoms with Crippen LogP contribution < -0.4 is 5.32 Å². The molecule has 15 heteroatoms. The lowest BCUT2D eigenvalue weighted by Gasteiger charge is -2.49. The molecule has 1 aliphatic rings. The molecule has 2 N–H and O–H groups in total. The van der Waals surface area contributed by atoms with Crippen molar-refractivity contribution in [3.8, 4) is 0 Å². The molecule has 35 heavy (non-hydrogen) atoms. The molecule has 0 aliphatic carbocycles. The molecule has 0 aromatic heterocycles. The third-order valence-electron chi connectivity index (χ3n) is 4.60. The van der Waals surface area contributed by atoms with Crippen LogP contribution >= 0.6 is 15.9 Å². The van der Waals surface area contributed by atoms with Gasteiger partial charge in [-0.15, -0.1) is 0 Å². The SMILES string of the molecule is COC(=O)[C@@]1(O)O[C@@H]([C@@H](OC(C)=O)[C@@H](COC(C)=O)OC(C)=O)[C@H](NC(C)=O)[C@@H](OC(C)=O)[C@H]1Br. The molecule has 1 rings (SSSR count). The maximum absolute atomic E-state index is 12.5. The van der Waals surface area contributed by atoms with Crippen molar-refractivity contribution in [2.45, 2.75) is 75.7 Å². The lowest BCUT2D eigenvalue weighted by Crippen LogP contribution is -2.73. The van der Waals surface area contributed by atoms with E-state index in [4.69, 9.17) is 23.7 Å². The van der Waals surface area contributed by atoms with Crippen LogP contribution in [0.5, 0.6) is 0 Å². The van der Waals surface area contributed by atoms with Crippen molar-refractivity contribution in [1.29, 1.82) is 0 Å². The summed E-state index contributed by atoms with van der Waals surface area (Å²) in [5.41, 5.74) is 0. The van der Waals surface area contributed by atoms with Gasteiger partial charge in [0.2, 0.25) is 5.91 Å². The molecule has 0 aromatic carbocycles. The summed E-state index contributed by atoms with van der Waals surface area (Å²) in [5.74, 6) is -8.24. The summed E-state index contributed by atoms with van der Waals surface area (Å²) in [5, 5.41) is 13.6. The van der Waals surface area contributed by atoms with E-state index in [-0.39, 0.29) is 0 Å². The largest absolute Gasteiger partial charge is 0.465 e. The van der Waals surface area contributed by atoms with Gasteiger partial charge in [0, 0.05) is 34.6 Å². The maximum Gasteiger partial charge on any atom is 0.367 e. The average molecular weight is 570 g/mol. The van der Waals surface area contributed by atoms with Crippen LogP contribution in [0.25, 0.3) is 0 Å². The number of carbonyl (C=O) groups excluding carboxylic acids is 6. The Labute approximate surface area is 209 Å². The molecule has 198 valence electrons. The number of alkyl halides is 1. The van der Waals surface area contributed by atoms with E-state index in [1.165, 1.54) is 0 Å². The van der Waals surface area contributed by atoms with Gasteiger partial charge in [0.05, 0.1) is 13.2 Å². The number of amides is 1. The van der Waals surface area contributed by atoms with E-state index in [0.717, 1.165) is 41.7 Å². The number of esters is 5. The van der Waals surface area contributed by atoms with E-state index < -0.39 is 83.4 Å². The van der Waals surface area contributed by atoms with Crippen LogP contribution in [0.3, 0.4) is 0 Å². The Morgan fingerprint density at radius 1 is 0.971 bits per heavy atom. The van der Waals surface area contributed by atoms with Crippen molar-refractivity contribution in [2.75, 3.05) is 13.7 Å². The first-order valence-corrected chi connectivity index (χ1v) is 11.1. The minimum absolute atomic E-state index is 0.633. The molecule has 0 aromatic rings. The fourth-order valence-corrected chi connectivity index (χ4v) is 4.13. The van der Waals surface area contributed by atoms with Gasteiger partial charge >= 0.3 is 29.8 Å². The van der Waals surface area contributed by atoms with Gasteiger partial charge in [0.25, 0.3) is 5.79 Å². The predicted octanol–water partition coefficient (Wildman–Crippen LogP) is -1.13. The zero-order valence-electron chi connectivity index (χ0n) is 19.9. The van der Waals surface area contributed by atoms with Crippen molar-refractivity contribution >= 4 is 51.7 Å². The number of hydrogen-bond donors (Lipinski definition) is 2. The molecule has 1 amide bonds. The van der Waals surface area contributed by atoms with Gasteiger partial charge in [-0.2, -0.15) is 0 Å². The molecule has 1 fully saturated rings. The minimum Gasteiger partial charge on any atom is -0.465 e. The summed E-state index contributed by atoms with van der Waals surface area (Å²) in [6.45, 7) is 4.63. The topological polar surface area (TPSA) is 190 Å². The number of methoxy groups -OCH3 is 1. The molecular formula is C20H28BrNO13. The average Bonchev–Trinajstić information content (AvgIpc) is 2.73. The Bertz CT molecular complexity index is 849. The van der Waals surface area contributed by atoms with E-state index in [9.17, 15) is 33.9 Å². The minimum atomic E-state index is -2.84. The van der Waals surface area contributed by atoms with Crippen LogP contribution in [0.15, 0.2) is 0 Å². The first kappa shape index (κ1) is 30.3. The number of hydrogen-bond acceptors (Lipinski definition) is 13. The smallest absolute Gasteiger partial charge is 0.367 e. The van der Waals surface area contributed by atoms with Gasteiger partial charge in [-0.25, -0.2) is 4.79 Å². The second-order valence-electron chi connectivity index (χ2n) is 7.50. The van der Waals surface area contributed by atoms with Crippen molar-refractivity contribution in [3.05, 3.63) is 0 Å². The molecule has 1 saturated heterocycles. The number of rotatable bonds is 9. The highest BCUT2D eigenvalue weighted by molar-refractivity contribution is 9.09. The zero-order valence-corrected chi connectivity index (χ0v) is 21.5. The van der Waals surface area contributed by atoms with Crippen molar-refractivity contribution in [1.82, 2.24) is 5.32 Å². The molecule has 0 saturated carbocycles. The van der Waals surface area contributed by atoms with E-state index in [0.29, 0.717) is 0 Å². The summed E-state index contributed by atoms with van der Waals surface area (Å²) in [6.07, 6.45) is -6.43. The van der Waals surface area contributed by atoms with Gasteiger partial charge in [-0.3, -0.25) is 24.0 Å². The van der Waals surface area contributed by atoms with Gasteiger partial charge < -0.3 is 38.8 Å². The first-order chi connectivity index (χ1) is 16.1. The van der Waals surface area contributed by atoms with Gasteiger partial charge in [0.1, 0.15) is 23.6 Å². The molecule has 0 radical (unpaired) electrons. The fraction of sp³-hybridized carbons (Fsp3) is 0.700. The highest BCUT2D eigenvalue weighted by Crippen LogP contribution is 2.38. The van der Waals surface area contributed by atoms with Crippen molar-refractivity contribution in [3.63, 3.8) is 0 Å². The Balaban J connectivity index is 3.74. The van der Waals surface area contributed by atoms with Crippen LogP contribution in [0.2, 0.25) is 0 Å². The third-order valence-corrected chi connectivity index (χ3v) is 5.74. The van der Waals surface area contributed by atoms with E-state index in [1.54, 1.807) is 0 Å². The second kappa shape index (κ2) is 12.8. The van der Waals surface area contributed by atoms with Gasteiger partial charge in [0.15, 0.2) is 12.2 Å². The summed E-state index contributed by atoms with van der Waals surface area (Å²) < 4.78 is 30.9. The quantitative estimate of drug-likeness (QED) is 0.193. The van der Waals surface area contributed by atoms with E-state index >= 15 is 0 Å². The molecule has 1 aliphatic heterocycles. The first-order valence-electron chi connectivity index (χ1n) is 10.2. The normalized spacial score (nSPS) is 27.4. The van der Waals surface area contributed by atoms with Crippen LogP contribution in [0, 0.1) is 0 Å². The number of nitrogens with one attached hydrogen (secondary N) is 1. The molecular weight excluding hydrogens is 542 g/mol. The monoisotopic (exact) mass is 569 g/mol. The van der Waals surface area contributed by atoms with Crippen LogP contribution in [-0.4, -0.2) is 95.6 Å². The Morgan fingerprint density at radius 3 is 1.97 bits per heavy atom. The van der Waals surface area contributed by atoms with Crippen LogP contribution in [0.1, 0.15) is 34.6 Å². The molecule has 0 spiro atoms. The fourth-order valence-electron chi connectivity index (χ4n) is 3.39. The molecule has 1 heterocycles. The number of carbonyl (C=O) groups is 6. The number of halogens is 1. The van der Waals surface area contributed by atoms with Crippen molar-refractivity contribution in [2.24, 2.45) is 0 Å². The summed E-state index contributed by atoms with van der Waals surface area (Å²) in [4.78, 5) is 70.0. The lowest BCUT2D eigenvalue weighted by atomic mass is 9.88. The number of aliphatic hydroxyl groups is 1. The van der Waals surface area contributed by atoms with Gasteiger partial charge in [-0.05, 0) is 0 Å². The Kier molecular flexibility index (Phi) is 11.1. The Hall–Kier alpha value is -2.78. The van der Waals surface area contributed by atoms with Crippen molar-refractivity contribution < 1.29 is 62.3 Å². The van der Waals surface area contributed by atoms with Crippen LogP contribution in [-0.2, 0) is 57.2 Å². The molecule has 0 bridgehead atoms. The zero-order chi connectivity index (χ0) is 27.1. The Morgan fingerprint density at radius 2 is 1.54 bits per heavy atom. The van der Waals surface area contributed by atoms with E-state index in [1.807, 2.05) is 0 Å². The highest BCUT2D eigenvalue weighted by Gasteiger charge is 2.62. The lowest BCUT2D eigenvalue weighted by molar-refractivity contribution is -0.294. The van der Waals surface area contributed by atoms with Crippen LogP contribution in [0.4, 0.5) is 0 Å². The number of ether oxygens (including phenoxy) is 6. The maximum atomic E-state index is 12.5. The predicted molar refractivity (Wildman–Crippen MR) is 115 cm³/mol. The highest BCUT2D eigenvalue weighted by atomic mass is 79.9. The summed E-state index contributed by atoms with van der Waals surface area (Å²) in [7, 11) is 0.949. The van der Waals surface area contributed by atoms with E-state index in [2.05, 4.69) is 26.0 Å². The molecule has 7 atom stereocenters. The third kappa shape index (κ3) is 8.14. The molecule has 14 nitrogen and oxygen atoms in total. The summed E-state index contributed by atoms with van der Waals surface area (Å²) in [6, 6.07) is -1.38. The summed E-state index contributed by atoms with van der Waals surface area (Å²) >= 11 is 3.07. The van der Waals surface area contributed by atoms with Gasteiger partial charge in [-0.1, -0.05) is 15.9 Å². The second-order valence-corrected chi connectivity index (χ2v) is 8.48. The molecule has 0 unspecified atom stereocenters.